The number of Topliss-reactive ketones (excluding diaryl/α,β-unsaturated/α-hetero) is 2. The van der Waals surface area contributed by atoms with Crippen LogP contribution in [0.25, 0.3) is 0 Å². The molecule has 0 amide bonds. The molecule has 108 valence electrons. The van der Waals surface area contributed by atoms with Gasteiger partial charge in [-0.05, 0) is 19.1 Å². The zero-order chi connectivity index (χ0) is 15.3. The third kappa shape index (κ3) is 2.93. The highest BCUT2D eigenvalue weighted by Gasteiger charge is 2.27. The molecular formula is C13H15NO6. The van der Waals surface area contributed by atoms with Crippen LogP contribution in [0.2, 0.25) is 0 Å². The molecule has 0 saturated heterocycles. The quantitative estimate of drug-likeness (QED) is 0.428. The number of rotatable bonds is 7. The van der Waals surface area contributed by atoms with Crippen LogP contribution in [0.4, 0.5) is 0 Å². The van der Waals surface area contributed by atoms with Gasteiger partial charge in [0.1, 0.15) is 0 Å². The molecule has 0 aliphatic rings. The molecule has 7 heteroatoms. The minimum absolute atomic E-state index is 0.0827. The summed E-state index contributed by atoms with van der Waals surface area (Å²) in [5, 5.41) is 2.56. The summed E-state index contributed by atoms with van der Waals surface area (Å²) in [7, 11) is 4.21. The van der Waals surface area contributed by atoms with Crippen molar-refractivity contribution >= 4 is 11.6 Å². The Morgan fingerprint density at radius 1 is 1.05 bits per heavy atom. The van der Waals surface area contributed by atoms with Crippen LogP contribution in [0, 0.1) is 4.91 Å². The monoisotopic (exact) mass is 281 g/mol. The van der Waals surface area contributed by atoms with Gasteiger partial charge in [0.25, 0.3) is 0 Å². The number of nitroso groups, excluding NO2 is 1. The Morgan fingerprint density at radius 2 is 1.55 bits per heavy atom. The van der Waals surface area contributed by atoms with E-state index in [2.05, 4.69) is 5.18 Å². The van der Waals surface area contributed by atoms with E-state index in [1.165, 1.54) is 33.5 Å². The number of carbonyl (C=O) groups excluding carboxylic acids is 2. The summed E-state index contributed by atoms with van der Waals surface area (Å²) in [5.74, 6) is -0.526. The zero-order valence-electron chi connectivity index (χ0n) is 11.6. The fraction of sp³-hybridized carbons (Fsp3) is 0.385. The number of carbonyl (C=O) groups is 2. The van der Waals surface area contributed by atoms with Gasteiger partial charge in [0.15, 0.2) is 23.1 Å². The lowest BCUT2D eigenvalue weighted by molar-refractivity contribution is -0.117. The molecular weight excluding hydrogens is 266 g/mol. The van der Waals surface area contributed by atoms with Crippen LogP contribution in [-0.4, -0.2) is 38.9 Å². The Hall–Kier alpha value is -2.44. The van der Waals surface area contributed by atoms with Crippen LogP contribution in [0.3, 0.4) is 0 Å². The molecule has 1 rings (SSSR count). The van der Waals surface area contributed by atoms with Gasteiger partial charge in [-0.3, -0.25) is 9.59 Å². The minimum atomic E-state index is -1.57. The molecule has 0 aromatic heterocycles. The average molecular weight is 281 g/mol. The van der Waals surface area contributed by atoms with Gasteiger partial charge in [0.05, 0.1) is 21.3 Å². The Labute approximate surface area is 115 Å². The Balaban J connectivity index is 3.35. The van der Waals surface area contributed by atoms with Crippen LogP contribution in [0.5, 0.6) is 17.2 Å². The predicted molar refractivity (Wildman–Crippen MR) is 70.7 cm³/mol. The van der Waals surface area contributed by atoms with E-state index in [1.807, 2.05) is 0 Å². The first-order valence-electron chi connectivity index (χ1n) is 5.67. The Kier molecular flexibility index (Phi) is 5.19. The van der Waals surface area contributed by atoms with Gasteiger partial charge in [0.2, 0.25) is 11.8 Å². The van der Waals surface area contributed by atoms with Crippen LogP contribution in [-0.2, 0) is 4.79 Å². The molecule has 0 aliphatic heterocycles. The first-order chi connectivity index (χ1) is 9.49. The number of ketones is 2. The van der Waals surface area contributed by atoms with Crippen molar-refractivity contribution < 1.29 is 23.8 Å². The van der Waals surface area contributed by atoms with Gasteiger partial charge in [-0.1, -0.05) is 5.18 Å². The Bertz CT molecular complexity index is 515. The highest BCUT2D eigenvalue weighted by molar-refractivity contribution is 6.14. The number of methoxy groups -OCH3 is 3. The third-order valence-electron chi connectivity index (χ3n) is 2.69. The molecule has 1 aromatic carbocycles. The second-order valence-electron chi connectivity index (χ2n) is 3.90. The molecule has 0 radical (unpaired) electrons. The van der Waals surface area contributed by atoms with Gasteiger partial charge in [-0.25, -0.2) is 0 Å². The van der Waals surface area contributed by atoms with Gasteiger partial charge in [0, 0.05) is 5.56 Å². The molecule has 1 aromatic rings. The first-order valence-corrected chi connectivity index (χ1v) is 5.67. The molecule has 7 nitrogen and oxygen atoms in total. The van der Waals surface area contributed by atoms with Crippen molar-refractivity contribution in [2.75, 3.05) is 21.3 Å². The molecule has 0 aliphatic carbocycles. The SMILES string of the molecule is COc1cc(C(=O)C(N=O)C(C)=O)cc(OC)c1OC. The minimum Gasteiger partial charge on any atom is -0.493 e. The van der Waals surface area contributed by atoms with E-state index in [-0.39, 0.29) is 17.1 Å². The summed E-state index contributed by atoms with van der Waals surface area (Å²) in [6, 6.07) is 1.16. The summed E-state index contributed by atoms with van der Waals surface area (Å²) in [5.41, 5.74) is 0.0827. The van der Waals surface area contributed by atoms with Crippen LogP contribution in [0.15, 0.2) is 17.3 Å². The lowest BCUT2D eigenvalue weighted by Crippen LogP contribution is -2.26. The standard InChI is InChI=1S/C13H15NO6/c1-7(15)11(14-17)12(16)8-5-9(18-2)13(20-4)10(6-8)19-3/h5-6,11H,1-4H3. The second kappa shape index (κ2) is 6.65. The van der Waals surface area contributed by atoms with Crippen molar-refractivity contribution in [3.63, 3.8) is 0 Å². The van der Waals surface area contributed by atoms with E-state index in [4.69, 9.17) is 14.2 Å². The van der Waals surface area contributed by atoms with Crippen molar-refractivity contribution in [2.45, 2.75) is 13.0 Å². The summed E-state index contributed by atoms with van der Waals surface area (Å²) in [6.45, 7) is 1.13. The van der Waals surface area contributed by atoms with Crippen molar-refractivity contribution in [3.8, 4) is 17.2 Å². The molecule has 1 unspecified atom stereocenters. The number of hydrogen-bond acceptors (Lipinski definition) is 7. The molecule has 0 fully saturated rings. The van der Waals surface area contributed by atoms with Crippen molar-refractivity contribution in [1.82, 2.24) is 0 Å². The van der Waals surface area contributed by atoms with Gasteiger partial charge in [-0.15, -0.1) is 4.91 Å². The number of hydrogen-bond donors (Lipinski definition) is 0. The first kappa shape index (κ1) is 15.6. The van der Waals surface area contributed by atoms with Crippen LogP contribution < -0.4 is 14.2 Å². The summed E-state index contributed by atoms with van der Waals surface area (Å²) >= 11 is 0. The highest BCUT2D eigenvalue weighted by atomic mass is 16.5. The molecule has 0 N–H and O–H groups in total. The average Bonchev–Trinajstić information content (AvgIpc) is 2.45. The van der Waals surface area contributed by atoms with Crippen LogP contribution in [0.1, 0.15) is 17.3 Å². The van der Waals surface area contributed by atoms with E-state index in [1.54, 1.807) is 0 Å². The molecule has 20 heavy (non-hydrogen) atoms. The summed E-state index contributed by atoms with van der Waals surface area (Å²) in [6.07, 6.45) is 0. The van der Waals surface area contributed by atoms with E-state index >= 15 is 0 Å². The van der Waals surface area contributed by atoms with E-state index < -0.39 is 17.6 Å². The van der Waals surface area contributed by atoms with E-state index in [0.29, 0.717) is 5.75 Å². The molecule has 0 spiro atoms. The van der Waals surface area contributed by atoms with Crippen LogP contribution >= 0.6 is 0 Å². The van der Waals surface area contributed by atoms with Crippen molar-refractivity contribution in [2.24, 2.45) is 5.18 Å². The largest absolute Gasteiger partial charge is 0.493 e. The normalized spacial score (nSPS) is 11.4. The number of benzene rings is 1. The second-order valence-corrected chi connectivity index (χ2v) is 3.90. The smallest absolute Gasteiger partial charge is 0.212 e. The molecule has 0 saturated carbocycles. The maximum absolute atomic E-state index is 12.1. The number of nitrogens with zero attached hydrogens (tertiary/aromatic N) is 1. The summed E-state index contributed by atoms with van der Waals surface area (Å²) in [4.78, 5) is 33.9. The lowest BCUT2D eigenvalue weighted by Gasteiger charge is -2.14. The zero-order valence-corrected chi connectivity index (χ0v) is 11.6. The maximum atomic E-state index is 12.1. The van der Waals surface area contributed by atoms with Gasteiger partial charge >= 0.3 is 0 Å². The third-order valence-corrected chi connectivity index (χ3v) is 2.69. The number of ether oxygens (including phenoxy) is 3. The molecule has 1 atom stereocenters. The van der Waals surface area contributed by atoms with E-state index in [9.17, 15) is 14.5 Å². The lowest BCUT2D eigenvalue weighted by atomic mass is 10.0. The highest BCUT2D eigenvalue weighted by Crippen LogP contribution is 2.38. The topological polar surface area (TPSA) is 91.3 Å². The molecule has 0 bridgehead atoms. The van der Waals surface area contributed by atoms with Gasteiger partial charge < -0.3 is 14.2 Å². The van der Waals surface area contributed by atoms with E-state index in [0.717, 1.165) is 6.92 Å². The Morgan fingerprint density at radius 3 is 1.85 bits per heavy atom. The van der Waals surface area contributed by atoms with Crippen molar-refractivity contribution in [3.05, 3.63) is 22.6 Å². The predicted octanol–water partition coefficient (Wildman–Crippen LogP) is 1.62. The fourth-order valence-corrected chi connectivity index (χ4v) is 1.69. The summed E-state index contributed by atoms with van der Waals surface area (Å²) < 4.78 is 15.3. The maximum Gasteiger partial charge on any atom is 0.212 e. The van der Waals surface area contributed by atoms with Crippen molar-refractivity contribution in [1.29, 1.82) is 0 Å². The molecule has 0 heterocycles. The van der Waals surface area contributed by atoms with Gasteiger partial charge in [-0.2, -0.15) is 0 Å². The fourth-order valence-electron chi connectivity index (χ4n) is 1.69.